The van der Waals surface area contributed by atoms with E-state index in [-0.39, 0.29) is 30.5 Å². The summed E-state index contributed by atoms with van der Waals surface area (Å²) in [6, 6.07) is 2.02. The predicted octanol–water partition coefficient (Wildman–Crippen LogP) is 1.50. The number of piperidine rings is 1. The van der Waals surface area contributed by atoms with Crippen LogP contribution in [0.3, 0.4) is 0 Å². The molecule has 0 spiro atoms. The van der Waals surface area contributed by atoms with Crippen LogP contribution in [0.15, 0.2) is 18.5 Å². The second-order valence-corrected chi connectivity index (χ2v) is 7.39. The van der Waals surface area contributed by atoms with Crippen molar-refractivity contribution in [2.45, 2.75) is 31.4 Å². The molecule has 2 fully saturated rings. The van der Waals surface area contributed by atoms with Gasteiger partial charge in [0, 0.05) is 25.2 Å². The van der Waals surface area contributed by atoms with Gasteiger partial charge in [-0.05, 0) is 18.1 Å². The van der Waals surface area contributed by atoms with Gasteiger partial charge in [0.05, 0.1) is 24.8 Å². The number of aromatic nitrogens is 4. The van der Waals surface area contributed by atoms with Crippen LogP contribution >= 0.6 is 0 Å². The number of ether oxygens (including phenoxy) is 1. The van der Waals surface area contributed by atoms with Gasteiger partial charge in [0.15, 0.2) is 18.0 Å². The van der Waals surface area contributed by atoms with Gasteiger partial charge < -0.3 is 15.0 Å². The van der Waals surface area contributed by atoms with Crippen LogP contribution in [0.5, 0.6) is 0 Å². The lowest BCUT2D eigenvalue weighted by molar-refractivity contribution is -0.132. The van der Waals surface area contributed by atoms with E-state index in [9.17, 15) is 27.2 Å². The van der Waals surface area contributed by atoms with Gasteiger partial charge in [-0.3, -0.25) is 9.69 Å². The van der Waals surface area contributed by atoms with Crippen molar-refractivity contribution in [3.63, 3.8) is 0 Å². The summed E-state index contributed by atoms with van der Waals surface area (Å²) < 4.78 is 59.2. The lowest BCUT2D eigenvalue weighted by Gasteiger charge is -2.33. The quantitative estimate of drug-likeness (QED) is 0.656. The minimum Gasteiger partial charge on any atom is -0.442 e. The molecule has 2 amide bonds. The van der Waals surface area contributed by atoms with Crippen molar-refractivity contribution in [3.05, 3.63) is 30.1 Å². The Balaban J connectivity index is 1.42. The first-order valence-electron chi connectivity index (χ1n) is 9.84. The van der Waals surface area contributed by atoms with Crippen LogP contribution in [0.2, 0.25) is 0 Å². The summed E-state index contributed by atoms with van der Waals surface area (Å²) in [7, 11) is 0. The number of anilines is 2. The second kappa shape index (κ2) is 8.96. The Labute approximate surface area is 179 Å². The van der Waals surface area contributed by atoms with Crippen LogP contribution < -0.4 is 15.1 Å². The molecule has 2 aliphatic rings. The van der Waals surface area contributed by atoms with Crippen molar-refractivity contribution in [1.29, 1.82) is 0 Å². The lowest BCUT2D eigenvalue weighted by atomic mass is 10.0. The summed E-state index contributed by atoms with van der Waals surface area (Å²) in [6.45, 7) is 0.245. The van der Waals surface area contributed by atoms with Gasteiger partial charge >= 0.3 is 12.5 Å². The van der Waals surface area contributed by atoms with E-state index in [2.05, 4.69) is 15.4 Å². The Bertz CT molecular complexity index is 960. The molecule has 2 aromatic rings. The molecule has 4 rings (SSSR count). The molecular formula is C18H19F4N7O3. The van der Waals surface area contributed by atoms with Gasteiger partial charge in [0.25, 0.3) is 5.91 Å². The highest BCUT2D eigenvalue weighted by Crippen LogP contribution is 2.33. The van der Waals surface area contributed by atoms with Gasteiger partial charge in [-0.1, -0.05) is 0 Å². The van der Waals surface area contributed by atoms with E-state index < -0.39 is 36.2 Å². The SMILES string of the molecule is O=C(NC[C@H]1CN(c2cc(F)c(N3CCC(n4ncnn4)CC3)c(F)c2)C(=O)O1)C(F)F. The number of halogens is 4. The van der Waals surface area contributed by atoms with Gasteiger partial charge in [0.2, 0.25) is 0 Å². The zero-order valence-corrected chi connectivity index (χ0v) is 16.6. The number of carbonyl (C=O) groups excluding carboxylic acids is 2. The predicted molar refractivity (Wildman–Crippen MR) is 101 cm³/mol. The smallest absolute Gasteiger partial charge is 0.414 e. The van der Waals surface area contributed by atoms with E-state index in [1.165, 1.54) is 11.1 Å². The number of cyclic esters (lactones) is 1. The Morgan fingerprint density at radius 3 is 2.50 bits per heavy atom. The molecular weight excluding hydrogens is 438 g/mol. The monoisotopic (exact) mass is 457 g/mol. The molecule has 14 heteroatoms. The first kappa shape index (κ1) is 21.8. The zero-order valence-electron chi connectivity index (χ0n) is 16.6. The van der Waals surface area contributed by atoms with Crippen LogP contribution in [0.4, 0.5) is 33.7 Å². The zero-order chi connectivity index (χ0) is 22.8. The maximum Gasteiger partial charge on any atom is 0.414 e. The molecule has 1 aromatic carbocycles. The summed E-state index contributed by atoms with van der Waals surface area (Å²) in [5.41, 5.74) is -0.273. The molecule has 1 N–H and O–H groups in total. The number of tetrazole rings is 1. The molecule has 32 heavy (non-hydrogen) atoms. The van der Waals surface area contributed by atoms with Crippen LogP contribution in [-0.4, -0.2) is 70.9 Å². The Kier molecular flexibility index (Phi) is 6.10. The van der Waals surface area contributed by atoms with E-state index in [0.717, 1.165) is 17.0 Å². The summed E-state index contributed by atoms with van der Waals surface area (Å²) in [6.07, 6.45) is -2.56. The van der Waals surface area contributed by atoms with Crippen LogP contribution in [-0.2, 0) is 9.53 Å². The maximum atomic E-state index is 14.8. The van der Waals surface area contributed by atoms with Gasteiger partial charge in [0.1, 0.15) is 11.8 Å². The molecule has 3 heterocycles. The number of nitrogens with zero attached hydrogens (tertiary/aromatic N) is 6. The molecule has 0 bridgehead atoms. The number of hydrogen-bond acceptors (Lipinski definition) is 7. The molecule has 0 radical (unpaired) electrons. The molecule has 0 aliphatic carbocycles. The standard InChI is InChI=1S/C18H19F4N7O3/c19-13-5-11(28-8-12(32-18(28)31)7-23-17(30)16(21)22)6-14(20)15(13)27-3-1-10(2-4-27)29-25-9-24-26-29/h5-6,9-10,12,16H,1-4,7-8H2,(H,23,30)/t12-/m0/s1. The van der Waals surface area contributed by atoms with E-state index >= 15 is 0 Å². The molecule has 1 aromatic heterocycles. The maximum absolute atomic E-state index is 14.8. The highest BCUT2D eigenvalue weighted by molar-refractivity contribution is 5.90. The van der Waals surface area contributed by atoms with Gasteiger partial charge in [-0.15, -0.1) is 10.2 Å². The fraction of sp³-hybridized carbons (Fsp3) is 0.500. The fourth-order valence-electron chi connectivity index (χ4n) is 3.80. The second-order valence-electron chi connectivity index (χ2n) is 7.39. The summed E-state index contributed by atoms with van der Waals surface area (Å²) in [4.78, 5) is 27.1. The molecule has 0 saturated carbocycles. The third kappa shape index (κ3) is 4.43. The Hall–Kier alpha value is -3.45. The van der Waals surface area contributed by atoms with Crippen molar-refractivity contribution >= 4 is 23.4 Å². The molecule has 2 saturated heterocycles. The largest absolute Gasteiger partial charge is 0.442 e. The third-order valence-corrected chi connectivity index (χ3v) is 5.36. The van der Waals surface area contributed by atoms with Crippen LogP contribution in [0, 0.1) is 11.6 Å². The Morgan fingerprint density at radius 1 is 1.22 bits per heavy atom. The highest BCUT2D eigenvalue weighted by Gasteiger charge is 2.34. The van der Waals surface area contributed by atoms with Crippen molar-refractivity contribution in [2.75, 3.05) is 36.0 Å². The topological polar surface area (TPSA) is 105 Å². The van der Waals surface area contributed by atoms with E-state index in [0.29, 0.717) is 25.9 Å². The summed E-state index contributed by atoms with van der Waals surface area (Å²) in [5, 5.41) is 13.4. The Morgan fingerprint density at radius 2 is 1.91 bits per heavy atom. The molecule has 172 valence electrons. The van der Waals surface area contributed by atoms with Crippen LogP contribution in [0.1, 0.15) is 18.9 Å². The average Bonchev–Trinajstić information content (AvgIpc) is 3.42. The van der Waals surface area contributed by atoms with Crippen molar-refractivity contribution < 1.29 is 31.9 Å². The van der Waals surface area contributed by atoms with Crippen molar-refractivity contribution in [1.82, 2.24) is 25.5 Å². The first-order valence-corrected chi connectivity index (χ1v) is 9.84. The summed E-state index contributed by atoms with van der Waals surface area (Å²) in [5.74, 6) is -3.19. The van der Waals surface area contributed by atoms with E-state index in [4.69, 9.17) is 4.74 Å². The molecule has 2 aliphatic heterocycles. The minimum atomic E-state index is -3.20. The number of benzene rings is 1. The minimum absolute atomic E-state index is 0.0130. The normalized spacial score (nSPS) is 19.5. The average molecular weight is 457 g/mol. The number of nitrogens with one attached hydrogen (secondary N) is 1. The van der Waals surface area contributed by atoms with Gasteiger partial charge in [-0.2, -0.15) is 13.6 Å². The van der Waals surface area contributed by atoms with E-state index in [1.54, 1.807) is 4.90 Å². The third-order valence-electron chi connectivity index (χ3n) is 5.36. The fourth-order valence-corrected chi connectivity index (χ4v) is 3.80. The highest BCUT2D eigenvalue weighted by atomic mass is 19.3. The number of rotatable bonds is 6. The number of hydrogen-bond donors (Lipinski definition) is 1. The molecule has 10 nitrogen and oxygen atoms in total. The number of amides is 2. The number of alkyl halides is 2. The van der Waals surface area contributed by atoms with Crippen LogP contribution in [0.25, 0.3) is 0 Å². The van der Waals surface area contributed by atoms with Crippen molar-refractivity contribution in [2.24, 2.45) is 0 Å². The van der Waals surface area contributed by atoms with Gasteiger partial charge in [-0.25, -0.2) is 13.6 Å². The first-order chi connectivity index (χ1) is 15.3. The number of carbonyl (C=O) groups is 2. The van der Waals surface area contributed by atoms with E-state index in [1.807, 2.05) is 5.32 Å². The lowest BCUT2D eigenvalue weighted by Crippen LogP contribution is -2.37. The molecule has 1 atom stereocenters. The molecule has 0 unspecified atom stereocenters. The van der Waals surface area contributed by atoms with Crippen molar-refractivity contribution in [3.8, 4) is 0 Å². The summed E-state index contributed by atoms with van der Waals surface area (Å²) >= 11 is 0.